The number of amides is 1. The van der Waals surface area contributed by atoms with Crippen molar-refractivity contribution >= 4 is 33.7 Å². The Morgan fingerprint density at radius 1 is 1.05 bits per heavy atom. The second-order valence-corrected chi connectivity index (χ2v) is 6.45. The number of nitrogens with one attached hydrogen (secondary N) is 1. The number of halogens is 1. The number of nitrogens with zero attached hydrogens (tertiary/aromatic N) is 1. The van der Waals surface area contributed by atoms with Crippen LogP contribution in [0.2, 0.25) is 0 Å². The van der Waals surface area contributed by atoms with Crippen LogP contribution in [0.3, 0.4) is 0 Å². The molecule has 2 fully saturated rings. The normalized spacial score (nSPS) is 22.5. The molecule has 4 nitrogen and oxygen atoms in total. The molecule has 0 radical (unpaired) electrons. The van der Waals surface area contributed by atoms with Gasteiger partial charge in [-0.25, -0.2) is 0 Å². The maximum atomic E-state index is 12.4. The summed E-state index contributed by atoms with van der Waals surface area (Å²) in [4.78, 5) is 26.5. The molecule has 2 saturated heterocycles. The van der Waals surface area contributed by atoms with Crippen molar-refractivity contribution < 1.29 is 9.59 Å². The molecule has 0 atom stereocenters. The van der Waals surface area contributed by atoms with Crippen molar-refractivity contribution in [1.29, 1.82) is 0 Å². The molecule has 0 saturated carbocycles. The van der Waals surface area contributed by atoms with E-state index in [0.29, 0.717) is 5.70 Å². The molecule has 0 unspecified atom stereocenters. The first kappa shape index (κ1) is 15.0. The van der Waals surface area contributed by atoms with Gasteiger partial charge in [-0.15, -0.1) is 0 Å². The second-order valence-electron chi connectivity index (χ2n) is 5.53. The van der Waals surface area contributed by atoms with E-state index in [1.807, 2.05) is 24.3 Å². The maximum absolute atomic E-state index is 12.4. The summed E-state index contributed by atoms with van der Waals surface area (Å²) < 4.78 is 0.974. The number of allylic oxidation sites excluding steroid dienone is 1. The van der Waals surface area contributed by atoms with Crippen LogP contribution < -0.4 is 5.32 Å². The highest BCUT2D eigenvalue weighted by atomic mass is 79.9. The van der Waals surface area contributed by atoms with E-state index < -0.39 is 0 Å². The largest absolute Gasteiger partial charge is 0.377 e. The lowest BCUT2D eigenvalue weighted by atomic mass is 10.1. The van der Waals surface area contributed by atoms with Crippen LogP contribution in [0.4, 0.5) is 0 Å². The summed E-state index contributed by atoms with van der Waals surface area (Å²) in [6.07, 6.45) is 6.87. The zero-order valence-electron chi connectivity index (χ0n) is 12.1. The quantitative estimate of drug-likeness (QED) is 0.651. The Balaban J connectivity index is 1.81. The minimum Gasteiger partial charge on any atom is -0.377 e. The molecule has 0 aromatic heterocycles. The monoisotopic (exact) mass is 360 g/mol. The van der Waals surface area contributed by atoms with E-state index in [2.05, 4.69) is 26.1 Å². The van der Waals surface area contributed by atoms with Gasteiger partial charge in [0.25, 0.3) is 5.91 Å². The highest BCUT2D eigenvalue weighted by Gasteiger charge is 2.31. The number of rotatable bonds is 2. The molecular formula is C17H17BrN2O2. The van der Waals surface area contributed by atoms with Crippen LogP contribution in [0.15, 0.2) is 46.2 Å². The molecule has 3 rings (SSSR count). The van der Waals surface area contributed by atoms with Crippen molar-refractivity contribution in [2.45, 2.75) is 19.3 Å². The number of benzene rings is 1. The predicted molar refractivity (Wildman–Crippen MR) is 88.8 cm³/mol. The second kappa shape index (κ2) is 6.48. The van der Waals surface area contributed by atoms with Gasteiger partial charge in [-0.2, -0.15) is 0 Å². The molecule has 0 aliphatic carbocycles. The summed E-state index contributed by atoms with van der Waals surface area (Å²) in [6, 6.07) is 7.59. The van der Waals surface area contributed by atoms with Crippen molar-refractivity contribution in [3.63, 3.8) is 0 Å². The minimum atomic E-state index is -0.307. The number of hydrogen-bond donors (Lipinski definition) is 1. The van der Waals surface area contributed by atoms with Crippen molar-refractivity contribution in [2.24, 2.45) is 0 Å². The van der Waals surface area contributed by atoms with Crippen molar-refractivity contribution in [3.05, 3.63) is 51.8 Å². The van der Waals surface area contributed by atoms with Crippen LogP contribution in [-0.4, -0.2) is 29.7 Å². The van der Waals surface area contributed by atoms with E-state index in [9.17, 15) is 9.59 Å². The van der Waals surface area contributed by atoms with E-state index >= 15 is 0 Å². The van der Waals surface area contributed by atoms with E-state index in [1.165, 1.54) is 6.42 Å². The first-order valence-corrected chi connectivity index (χ1v) is 8.22. The predicted octanol–water partition coefficient (Wildman–Crippen LogP) is 2.86. The van der Waals surface area contributed by atoms with E-state index in [-0.39, 0.29) is 17.3 Å². The van der Waals surface area contributed by atoms with Crippen molar-refractivity contribution in [1.82, 2.24) is 10.2 Å². The third-order valence-electron chi connectivity index (χ3n) is 3.87. The van der Waals surface area contributed by atoms with Gasteiger partial charge in [0.1, 0.15) is 5.57 Å². The number of ketones is 1. The average molecular weight is 361 g/mol. The summed E-state index contributed by atoms with van der Waals surface area (Å²) in [7, 11) is 0. The van der Waals surface area contributed by atoms with Gasteiger partial charge in [-0.3, -0.25) is 9.59 Å². The van der Waals surface area contributed by atoms with Gasteiger partial charge in [-0.05, 0) is 43.0 Å². The maximum Gasteiger partial charge on any atom is 0.261 e. The summed E-state index contributed by atoms with van der Waals surface area (Å²) in [6.45, 7) is 1.83. The number of hydrogen-bond acceptors (Lipinski definition) is 3. The first-order chi connectivity index (χ1) is 10.6. The van der Waals surface area contributed by atoms with Gasteiger partial charge in [0.2, 0.25) is 5.78 Å². The Bertz CT molecular complexity index is 656. The fourth-order valence-corrected chi connectivity index (χ4v) is 2.93. The molecule has 114 valence electrons. The molecule has 2 aliphatic rings. The molecule has 2 aliphatic heterocycles. The lowest BCUT2D eigenvalue weighted by Crippen LogP contribution is -2.26. The Morgan fingerprint density at radius 3 is 2.41 bits per heavy atom. The van der Waals surface area contributed by atoms with E-state index in [1.54, 1.807) is 12.3 Å². The minimum absolute atomic E-state index is 0.224. The fourth-order valence-electron chi connectivity index (χ4n) is 2.67. The Labute approximate surface area is 138 Å². The number of likely N-dealkylation sites (tertiary alicyclic amines) is 1. The Hall–Kier alpha value is -1.88. The van der Waals surface area contributed by atoms with Gasteiger partial charge in [-0.1, -0.05) is 28.1 Å². The lowest BCUT2D eigenvalue weighted by Gasteiger charge is -2.25. The van der Waals surface area contributed by atoms with Crippen molar-refractivity contribution in [3.8, 4) is 0 Å². The number of carbonyl (C=O) groups excluding carboxylic acids is 2. The average Bonchev–Trinajstić information content (AvgIpc) is 2.78. The summed E-state index contributed by atoms with van der Waals surface area (Å²) in [5, 5.41) is 2.67. The fraction of sp³-hybridized carbons (Fsp3) is 0.294. The Kier molecular flexibility index (Phi) is 4.43. The molecule has 2 heterocycles. The number of Topliss-reactive ketones (excluding diaryl/α,β-unsaturated/α-hetero) is 1. The highest BCUT2D eigenvalue weighted by Crippen LogP contribution is 2.20. The van der Waals surface area contributed by atoms with Crippen LogP contribution in [0.5, 0.6) is 0 Å². The molecule has 22 heavy (non-hydrogen) atoms. The highest BCUT2D eigenvalue weighted by molar-refractivity contribution is 9.10. The zero-order chi connectivity index (χ0) is 15.5. The SMILES string of the molecule is O=C1NC(=Cc2ccc(Br)cc2)C(=O)C1=CN1CCCCC1. The molecular weight excluding hydrogens is 344 g/mol. The molecule has 1 aromatic carbocycles. The van der Waals surface area contributed by atoms with Crippen LogP contribution in [0.25, 0.3) is 6.08 Å². The van der Waals surface area contributed by atoms with Gasteiger partial charge >= 0.3 is 0 Å². The van der Waals surface area contributed by atoms with Crippen LogP contribution in [0, 0.1) is 0 Å². The molecule has 1 aromatic rings. The smallest absolute Gasteiger partial charge is 0.261 e. The van der Waals surface area contributed by atoms with E-state index in [0.717, 1.165) is 36.0 Å². The van der Waals surface area contributed by atoms with Crippen LogP contribution in [-0.2, 0) is 9.59 Å². The van der Waals surface area contributed by atoms with Gasteiger partial charge in [0.15, 0.2) is 0 Å². The van der Waals surface area contributed by atoms with Crippen molar-refractivity contribution in [2.75, 3.05) is 13.1 Å². The standard InChI is InChI=1S/C17H17BrN2O2/c18-13-6-4-12(5-7-13)10-15-16(21)14(17(22)19-15)11-20-8-2-1-3-9-20/h4-7,10-11H,1-3,8-9H2,(H,19,22). The molecule has 1 amide bonds. The lowest BCUT2D eigenvalue weighted by molar-refractivity contribution is -0.117. The molecule has 5 heteroatoms. The Morgan fingerprint density at radius 2 is 1.73 bits per heavy atom. The first-order valence-electron chi connectivity index (χ1n) is 7.43. The van der Waals surface area contributed by atoms with Crippen LogP contribution in [0.1, 0.15) is 24.8 Å². The van der Waals surface area contributed by atoms with E-state index in [4.69, 9.17) is 0 Å². The summed E-state index contributed by atoms with van der Waals surface area (Å²) >= 11 is 3.37. The summed E-state index contributed by atoms with van der Waals surface area (Å²) in [5.74, 6) is -0.530. The summed E-state index contributed by atoms with van der Waals surface area (Å²) in [5.41, 5.74) is 1.46. The molecule has 0 spiro atoms. The van der Waals surface area contributed by atoms with Gasteiger partial charge in [0.05, 0.1) is 5.70 Å². The van der Waals surface area contributed by atoms with Crippen LogP contribution >= 0.6 is 15.9 Å². The molecule has 0 bridgehead atoms. The molecule has 1 N–H and O–H groups in total. The number of carbonyl (C=O) groups is 2. The zero-order valence-corrected chi connectivity index (χ0v) is 13.7. The van der Waals surface area contributed by atoms with Gasteiger partial charge in [0, 0.05) is 23.8 Å². The number of piperidine rings is 1. The third-order valence-corrected chi connectivity index (χ3v) is 4.39. The third kappa shape index (κ3) is 3.30. The topological polar surface area (TPSA) is 49.4 Å². The van der Waals surface area contributed by atoms with Gasteiger partial charge < -0.3 is 10.2 Å².